The number of hydrogen-bond acceptors (Lipinski definition) is 4. The van der Waals surface area contributed by atoms with Gasteiger partial charge in [0.25, 0.3) is 11.8 Å². The van der Waals surface area contributed by atoms with Crippen LogP contribution in [0.1, 0.15) is 39.0 Å². The van der Waals surface area contributed by atoms with Gasteiger partial charge in [0.15, 0.2) is 6.10 Å². The van der Waals surface area contributed by atoms with Crippen molar-refractivity contribution in [1.29, 1.82) is 0 Å². The Bertz CT molecular complexity index is 782. The first kappa shape index (κ1) is 20.9. The standard InChI is InChI=1S/C19H23BrClN3O4/c1-12(28-15-6-5-13(21)11-14(15)20)16(25)22-9-4-10-24-17(26)19(23-18(24)27)7-2-3-8-19/h5-6,11-12H,2-4,7-10H2,1H3,(H,22,25)(H,23,27). The van der Waals surface area contributed by atoms with E-state index in [1.807, 2.05) is 0 Å². The van der Waals surface area contributed by atoms with Crippen molar-refractivity contribution in [2.75, 3.05) is 13.1 Å². The lowest BCUT2D eigenvalue weighted by Crippen LogP contribution is -2.44. The zero-order chi connectivity index (χ0) is 20.3. The predicted octanol–water partition coefficient (Wildman–Crippen LogP) is 3.24. The molecule has 7 nitrogen and oxygen atoms in total. The Kier molecular flexibility index (Phi) is 6.50. The minimum Gasteiger partial charge on any atom is -0.480 e. The number of urea groups is 1. The second kappa shape index (κ2) is 8.69. The van der Waals surface area contributed by atoms with Crippen LogP contribution in [-0.2, 0) is 9.59 Å². The molecule has 1 saturated heterocycles. The summed E-state index contributed by atoms with van der Waals surface area (Å²) in [5.41, 5.74) is -0.686. The number of hydrogen-bond donors (Lipinski definition) is 2. The molecule has 1 atom stereocenters. The molecule has 1 aliphatic heterocycles. The summed E-state index contributed by atoms with van der Waals surface area (Å²) < 4.78 is 6.31. The first-order chi connectivity index (χ1) is 13.3. The van der Waals surface area contributed by atoms with Crippen molar-refractivity contribution in [2.45, 2.75) is 50.7 Å². The number of rotatable bonds is 7. The molecule has 1 aliphatic carbocycles. The molecule has 1 heterocycles. The second-order valence-corrected chi connectivity index (χ2v) is 8.45. The topological polar surface area (TPSA) is 87.7 Å². The number of amides is 4. The number of nitrogens with one attached hydrogen (secondary N) is 2. The van der Waals surface area contributed by atoms with Crippen LogP contribution < -0.4 is 15.4 Å². The average molecular weight is 473 g/mol. The van der Waals surface area contributed by atoms with Gasteiger partial charge in [0.2, 0.25) is 0 Å². The van der Waals surface area contributed by atoms with Crippen molar-refractivity contribution >= 4 is 45.4 Å². The molecule has 152 valence electrons. The highest BCUT2D eigenvalue weighted by atomic mass is 79.9. The third kappa shape index (κ3) is 4.43. The van der Waals surface area contributed by atoms with Gasteiger partial charge in [0.05, 0.1) is 4.47 Å². The van der Waals surface area contributed by atoms with Gasteiger partial charge < -0.3 is 15.4 Å². The molecule has 3 rings (SSSR count). The molecule has 9 heteroatoms. The number of benzene rings is 1. The molecule has 0 bridgehead atoms. The van der Waals surface area contributed by atoms with E-state index in [9.17, 15) is 14.4 Å². The fourth-order valence-corrected chi connectivity index (χ4v) is 4.38. The third-order valence-corrected chi connectivity index (χ3v) is 5.98. The van der Waals surface area contributed by atoms with Crippen molar-refractivity contribution in [1.82, 2.24) is 15.5 Å². The van der Waals surface area contributed by atoms with Gasteiger partial charge in [0, 0.05) is 18.1 Å². The van der Waals surface area contributed by atoms with E-state index in [0.717, 1.165) is 12.8 Å². The molecule has 2 fully saturated rings. The molecule has 1 aromatic carbocycles. The van der Waals surface area contributed by atoms with Crippen LogP contribution >= 0.6 is 27.5 Å². The second-order valence-electron chi connectivity index (χ2n) is 7.16. The van der Waals surface area contributed by atoms with E-state index in [2.05, 4.69) is 26.6 Å². The Labute approximate surface area is 177 Å². The van der Waals surface area contributed by atoms with Crippen LogP contribution in [0.25, 0.3) is 0 Å². The van der Waals surface area contributed by atoms with Gasteiger partial charge in [-0.05, 0) is 60.3 Å². The van der Waals surface area contributed by atoms with Crippen LogP contribution in [0.5, 0.6) is 5.75 Å². The molecule has 4 amide bonds. The van der Waals surface area contributed by atoms with Crippen LogP contribution in [0.3, 0.4) is 0 Å². The van der Waals surface area contributed by atoms with Crippen molar-refractivity contribution in [3.8, 4) is 5.75 Å². The maximum Gasteiger partial charge on any atom is 0.325 e. The molecule has 2 aliphatic rings. The van der Waals surface area contributed by atoms with E-state index in [1.54, 1.807) is 25.1 Å². The molecule has 0 radical (unpaired) electrons. The normalized spacial score (nSPS) is 19.0. The summed E-state index contributed by atoms with van der Waals surface area (Å²) in [5, 5.41) is 6.19. The highest BCUT2D eigenvalue weighted by molar-refractivity contribution is 9.10. The van der Waals surface area contributed by atoms with E-state index < -0.39 is 11.6 Å². The number of nitrogens with zero attached hydrogens (tertiary/aromatic N) is 1. The Morgan fingerprint density at radius 3 is 2.79 bits per heavy atom. The number of carbonyl (C=O) groups is 3. The number of halogens is 2. The quantitative estimate of drug-likeness (QED) is 0.471. The third-order valence-electron chi connectivity index (χ3n) is 5.13. The van der Waals surface area contributed by atoms with Crippen molar-refractivity contribution in [3.63, 3.8) is 0 Å². The molecule has 1 aromatic rings. The summed E-state index contributed by atoms with van der Waals surface area (Å²) in [6.45, 7) is 2.28. The lowest BCUT2D eigenvalue weighted by atomic mass is 9.98. The van der Waals surface area contributed by atoms with E-state index in [0.29, 0.717) is 41.1 Å². The molecular weight excluding hydrogens is 450 g/mol. The molecular formula is C19H23BrClN3O4. The Morgan fingerprint density at radius 2 is 2.11 bits per heavy atom. The first-order valence-corrected chi connectivity index (χ1v) is 10.5. The van der Waals surface area contributed by atoms with E-state index >= 15 is 0 Å². The van der Waals surface area contributed by atoms with Crippen molar-refractivity contribution in [3.05, 3.63) is 27.7 Å². The van der Waals surface area contributed by atoms with Gasteiger partial charge in [0.1, 0.15) is 11.3 Å². The van der Waals surface area contributed by atoms with E-state index in [1.165, 1.54) is 4.90 Å². The van der Waals surface area contributed by atoms with E-state index in [4.69, 9.17) is 16.3 Å². The van der Waals surface area contributed by atoms with Crippen LogP contribution in [0.2, 0.25) is 5.02 Å². The number of imide groups is 1. The summed E-state index contributed by atoms with van der Waals surface area (Å²) in [5.74, 6) is 0.116. The van der Waals surface area contributed by atoms with Gasteiger partial charge >= 0.3 is 6.03 Å². The van der Waals surface area contributed by atoms with Gasteiger partial charge in [-0.3, -0.25) is 14.5 Å². The zero-order valence-corrected chi connectivity index (χ0v) is 17.9. The first-order valence-electron chi connectivity index (χ1n) is 9.36. The van der Waals surface area contributed by atoms with Crippen molar-refractivity contribution < 1.29 is 19.1 Å². The van der Waals surface area contributed by atoms with Gasteiger partial charge in [-0.25, -0.2) is 4.79 Å². The van der Waals surface area contributed by atoms with Crippen LogP contribution in [0, 0.1) is 0 Å². The lowest BCUT2D eigenvalue weighted by molar-refractivity contribution is -0.131. The SMILES string of the molecule is CC(Oc1ccc(Cl)cc1Br)C(=O)NCCCN1C(=O)NC2(CCCC2)C1=O. The number of ether oxygens (including phenoxy) is 1. The van der Waals surface area contributed by atoms with Gasteiger partial charge in [-0.2, -0.15) is 0 Å². The Hall–Kier alpha value is -1.80. The van der Waals surface area contributed by atoms with Crippen LogP contribution in [0.4, 0.5) is 4.79 Å². The molecule has 28 heavy (non-hydrogen) atoms. The highest BCUT2D eigenvalue weighted by Gasteiger charge is 2.51. The molecule has 1 saturated carbocycles. The van der Waals surface area contributed by atoms with Gasteiger partial charge in [-0.1, -0.05) is 24.4 Å². The fraction of sp³-hybridized carbons (Fsp3) is 0.526. The summed E-state index contributed by atoms with van der Waals surface area (Å²) in [6, 6.07) is 4.73. The Balaban J connectivity index is 1.43. The minimum absolute atomic E-state index is 0.134. The lowest BCUT2D eigenvalue weighted by Gasteiger charge is -2.20. The van der Waals surface area contributed by atoms with Crippen LogP contribution in [-0.4, -0.2) is 47.5 Å². The summed E-state index contributed by atoms with van der Waals surface area (Å²) in [4.78, 5) is 38.2. The average Bonchev–Trinajstić information content (AvgIpc) is 3.20. The monoisotopic (exact) mass is 471 g/mol. The summed E-state index contributed by atoms with van der Waals surface area (Å²) >= 11 is 9.24. The minimum atomic E-state index is -0.698. The zero-order valence-electron chi connectivity index (χ0n) is 15.6. The van der Waals surface area contributed by atoms with Crippen LogP contribution in [0.15, 0.2) is 22.7 Å². The van der Waals surface area contributed by atoms with Crippen molar-refractivity contribution in [2.24, 2.45) is 0 Å². The van der Waals surface area contributed by atoms with E-state index in [-0.39, 0.29) is 24.4 Å². The molecule has 2 N–H and O–H groups in total. The maximum atomic E-state index is 12.6. The molecule has 0 aromatic heterocycles. The largest absolute Gasteiger partial charge is 0.480 e. The summed E-state index contributed by atoms with van der Waals surface area (Å²) in [7, 11) is 0. The Morgan fingerprint density at radius 1 is 1.39 bits per heavy atom. The number of carbonyl (C=O) groups excluding carboxylic acids is 3. The predicted molar refractivity (Wildman–Crippen MR) is 108 cm³/mol. The highest BCUT2D eigenvalue weighted by Crippen LogP contribution is 2.35. The smallest absolute Gasteiger partial charge is 0.325 e. The molecule has 1 spiro atoms. The maximum absolute atomic E-state index is 12.6. The van der Waals surface area contributed by atoms with Gasteiger partial charge in [-0.15, -0.1) is 0 Å². The molecule has 1 unspecified atom stereocenters. The summed E-state index contributed by atoms with van der Waals surface area (Å²) in [6.07, 6.45) is 3.11. The fourth-order valence-electron chi connectivity index (χ4n) is 3.60.